The molecular weight excluding hydrogens is 588 g/mol. The maximum atomic E-state index is 13.0. The summed E-state index contributed by atoms with van der Waals surface area (Å²) in [7, 11) is 6.04. The maximum absolute atomic E-state index is 13.0. The van der Waals surface area contributed by atoms with Crippen molar-refractivity contribution < 1.29 is 38.0 Å². The summed E-state index contributed by atoms with van der Waals surface area (Å²) in [5.41, 5.74) is 1.82. The first-order valence-corrected chi connectivity index (χ1v) is 14.1. The summed E-state index contributed by atoms with van der Waals surface area (Å²) < 4.78 is 33.2. The summed E-state index contributed by atoms with van der Waals surface area (Å²) >= 11 is 0. The van der Waals surface area contributed by atoms with Gasteiger partial charge in [-0.2, -0.15) is 0 Å². The van der Waals surface area contributed by atoms with Gasteiger partial charge in [0, 0.05) is 17.4 Å². The Balaban J connectivity index is 1.19. The van der Waals surface area contributed by atoms with Crippen LogP contribution >= 0.6 is 0 Å². The largest absolute Gasteiger partial charge is 0.497 e. The molecule has 10 heteroatoms. The molecule has 10 nitrogen and oxygen atoms in total. The molecule has 0 aromatic heterocycles. The van der Waals surface area contributed by atoms with Crippen LogP contribution < -0.4 is 39.1 Å². The fourth-order valence-electron chi connectivity index (χ4n) is 4.54. The van der Waals surface area contributed by atoms with Gasteiger partial charge < -0.3 is 39.1 Å². The summed E-state index contributed by atoms with van der Waals surface area (Å²) in [5, 5.41) is 5.72. The monoisotopic (exact) mass is 620 g/mol. The van der Waals surface area contributed by atoms with Gasteiger partial charge in [-0.05, 0) is 91.0 Å². The van der Waals surface area contributed by atoms with Crippen molar-refractivity contribution in [2.45, 2.75) is 0 Å². The second-order valence-corrected chi connectivity index (χ2v) is 9.74. The Hall–Kier alpha value is -6.16. The molecule has 0 heterocycles. The van der Waals surface area contributed by atoms with Crippen molar-refractivity contribution in [1.82, 2.24) is 0 Å². The normalized spacial score (nSPS) is 10.3. The highest BCUT2D eigenvalue weighted by molar-refractivity contribution is 6.08. The average molecular weight is 621 g/mol. The second-order valence-electron chi connectivity index (χ2n) is 9.74. The van der Waals surface area contributed by atoms with Crippen LogP contribution in [0.3, 0.4) is 0 Å². The second kappa shape index (κ2) is 14.5. The molecule has 2 N–H and O–H groups in total. The minimum absolute atomic E-state index is 0.304. The molecule has 0 saturated carbocycles. The van der Waals surface area contributed by atoms with Crippen LogP contribution in [0.5, 0.6) is 46.0 Å². The zero-order valence-electron chi connectivity index (χ0n) is 25.7. The molecule has 0 atom stereocenters. The van der Waals surface area contributed by atoms with Crippen LogP contribution in [-0.4, -0.2) is 40.3 Å². The molecule has 5 rings (SSSR count). The Bertz CT molecular complexity index is 1800. The summed E-state index contributed by atoms with van der Waals surface area (Å²) in [4.78, 5) is 25.8. The van der Waals surface area contributed by atoms with Crippen LogP contribution in [0.2, 0.25) is 0 Å². The first-order valence-electron chi connectivity index (χ1n) is 14.1. The minimum Gasteiger partial charge on any atom is -0.497 e. The SMILES string of the molecule is COc1ccc(OC)c(C(=O)Nc2ccc(Oc3cccc(Oc4ccc(NC(=O)c5c(OC)cccc5OC)cc4)c3)cc2)c1. The summed E-state index contributed by atoms with van der Waals surface area (Å²) in [6.07, 6.45) is 0. The van der Waals surface area contributed by atoms with Crippen molar-refractivity contribution in [1.29, 1.82) is 0 Å². The van der Waals surface area contributed by atoms with Gasteiger partial charge in [-0.25, -0.2) is 0 Å². The molecule has 0 bridgehead atoms. The Morgan fingerprint density at radius 3 is 1.43 bits per heavy atom. The van der Waals surface area contributed by atoms with Crippen molar-refractivity contribution in [3.05, 3.63) is 120 Å². The first-order chi connectivity index (χ1) is 22.4. The number of carbonyl (C=O) groups excluding carboxylic acids is 2. The molecular formula is C36H32N2O8. The van der Waals surface area contributed by atoms with Crippen LogP contribution in [0, 0.1) is 0 Å². The fraction of sp³-hybridized carbons (Fsp3) is 0.111. The van der Waals surface area contributed by atoms with Gasteiger partial charge in [-0.3, -0.25) is 9.59 Å². The Morgan fingerprint density at radius 2 is 0.935 bits per heavy atom. The fourth-order valence-corrected chi connectivity index (χ4v) is 4.54. The lowest BCUT2D eigenvalue weighted by Gasteiger charge is -2.13. The third kappa shape index (κ3) is 7.48. The number of nitrogens with one attached hydrogen (secondary N) is 2. The number of amides is 2. The van der Waals surface area contributed by atoms with E-state index in [1.807, 2.05) is 18.2 Å². The third-order valence-corrected chi connectivity index (χ3v) is 6.81. The van der Waals surface area contributed by atoms with Crippen molar-refractivity contribution in [2.24, 2.45) is 0 Å². The molecule has 0 aliphatic carbocycles. The standard InChI is InChI=1S/C36H32N2O8/c1-41-27-19-20-31(42-2)30(22-27)35(39)37-23-11-15-25(16-12-23)45-28-7-5-8-29(21-28)46-26-17-13-24(14-18-26)38-36(40)34-32(43-3)9-6-10-33(34)44-4/h5-22H,1-4H3,(H,37,39)(H,38,40). The van der Waals surface area contributed by atoms with Crippen LogP contribution in [0.1, 0.15) is 20.7 Å². The average Bonchev–Trinajstić information content (AvgIpc) is 3.09. The zero-order chi connectivity index (χ0) is 32.5. The predicted octanol–water partition coefficient (Wildman–Crippen LogP) is 7.81. The van der Waals surface area contributed by atoms with Gasteiger partial charge in [-0.15, -0.1) is 0 Å². The van der Waals surface area contributed by atoms with Gasteiger partial charge in [0.25, 0.3) is 11.8 Å². The molecule has 5 aromatic rings. The van der Waals surface area contributed by atoms with E-state index in [1.54, 1.807) is 91.0 Å². The molecule has 234 valence electrons. The number of anilines is 2. The van der Waals surface area contributed by atoms with Crippen molar-refractivity contribution in [3.8, 4) is 46.0 Å². The van der Waals surface area contributed by atoms with Crippen LogP contribution in [0.15, 0.2) is 109 Å². The number of rotatable bonds is 12. The van der Waals surface area contributed by atoms with Gasteiger partial charge in [0.15, 0.2) is 0 Å². The Kier molecular flexibility index (Phi) is 9.89. The molecule has 0 aliphatic rings. The zero-order valence-corrected chi connectivity index (χ0v) is 25.7. The van der Waals surface area contributed by atoms with Crippen LogP contribution in [0.25, 0.3) is 0 Å². The summed E-state index contributed by atoms with van der Waals surface area (Å²) in [6.45, 7) is 0. The number of hydrogen-bond acceptors (Lipinski definition) is 8. The van der Waals surface area contributed by atoms with Gasteiger partial charge in [0.05, 0.1) is 34.0 Å². The van der Waals surface area contributed by atoms with Crippen LogP contribution in [-0.2, 0) is 0 Å². The van der Waals surface area contributed by atoms with E-state index >= 15 is 0 Å². The topological polar surface area (TPSA) is 114 Å². The van der Waals surface area contributed by atoms with E-state index in [-0.39, 0.29) is 11.8 Å². The lowest BCUT2D eigenvalue weighted by atomic mass is 10.1. The lowest BCUT2D eigenvalue weighted by molar-refractivity contribution is 0.101. The number of ether oxygens (including phenoxy) is 6. The number of hydrogen-bond donors (Lipinski definition) is 2. The number of carbonyl (C=O) groups is 2. The molecule has 0 spiro atoms. The van der Waals surface area contributed by atoms with E-state index in [4.69, 9.17) is 28.4 Å². The molecule has 0 aliphatic heterocycles. The van der Waals surface area contributed by atoms with E-state index in [2.05, 4.69) is 10.6 Å². The van der Waals surface area contributed by atoms with E-state index in [1.165, 1.54) is 28.4 Å². The molecule has 0 saturated heterocycles. The lowest BCUT2D eigenvalue weighted by Crippen LogP contribution is -2.14. The molecule has 2 amide bonds. The highest BCUT2D eigenvalue weighted by Crippen LogP contribution is 2.32. The maximum Gasteiger partial charge on any atom is 0.263 e. The quantitative estimate of drug-likeness (QED) is 0.145. The van der Waals surface area contributed by atoms with Crippen LogP contribution in [0.4, 0.5) is 11.4 Å². The number of methoxy groups -OCH3 is 4. The van der Waals surface area contributed by atoms with E-state index in [0.29, 0.717) is 68.5 Å². The molecule has 5 aromatic carbocycles. The Morgan fingerprint density at radius 1 is 0.457 bits per heavy atom. The smallest absolute Gasteiger partial charge is 0.263 e. The van der Waals surface area contributed by atoms with E-state index < -0.39 is 0 Å². The predicted molar refractivity (Wildman–Crippen MR) is 174 cm³/mol. The number of benzene rings is 5. The van der Waals surface area contributed by atoms with E-state index in [9.17, 15) is 9.59 Å². The summed E-state index contributed by atoms with van der Waals surface area (Å²) in [5.74, 6) is 3.37. The Labute approximate surface area is 266 Å². The summed E-state index contributed by atoms with van der Waals surface area (Å²) in [6, 6.07) is 31.3. The molecule has 0 fully saturated rings. The van der Waals surface area contributed by atoms with Gasteiger partial charge >= 0.3 is 0 Å². The van der Waals surface area contributed by atoms with E-state index in [0.717, 1.165) is 0 Å². The third-order valence-electron chi connectivity index (χ3n) is 6.81. The van der Waals surface area contributed by atoms with Crippen molar-refractivity contribution in [3.63, 3.8) is 0 Å². The van der Waals surface area contributed by atoms with Gasteiger partial charge in [0.2, 0.25) is 0 Å². The van der Waals surface area contributed by atoms with Gasteiger partial charge in [-0.1, -0.05) is 12.1 Å². The van der Waals surface area contributed by atoms with Crippen molar-refractivity contribution in [2.75, 3.05) is 39.1 Å². The molecule has 0 radical (unpaired) electrons. The minimum atomic E-state index is -0.361. The highest BCUT2D eigenvalue weighted by atomic mass is 16.5. The van der Waals surface area contributed by atoms with Crippen molar-refractivity contribution >= 4 is 23.2 Å². The molecule has 0 unspecified atom stereocenters. The first kappa shape index (κ1) is 31.3. The van der Waals surface area contributed by atoms with Gasteiger partial charge in [0.1, 0.15) is 51.6 Å². The highest BCUT2D eigenvalue weighted by Gasteiger charge is 2.18. The molecule has 46 heavy (non-hydrogen) atoms.